The number of benzene rings is 1. The van der Waals surface area contributed by atoms with Crippen LogP contribution in [-0.4, -0.2) is 4.98 Å². The molecular weight excluding hydrogens is 215 g/mol. The van der Waals surface area contributed by atoms with Crippen molar-refractivity contribution in [3.05, 3.63) is 34.6 Å². The number of anilines is 1. The molecule has 1 aromatic heterocycles. The summed E-state index contributed by atoms with van der Waals surface area (Å²) in [6, 6.07) is 4.83. The van der Waals surface area contributed by atoms with Crippen LogP contribution in [0.15, 0.2) is 18.2 Å². The number of nitrogens with two attached hydrogens (primary N) is 1. The number of nitrogens with zero attached hydrogens (tertiary/aromatic N) is 1. The fourth-order valence-electron chi connectivity index (χ4n) is 1.48. The summed E-state index contributed by atoms with van der Waals surface area (Å²) in [6.45, 7) is 1.96. The molecule has 2 aromatic rings. The Morgan fingerprint density at radius 3 is 2.80 bits per heavy atom. The monoisotopic (exact) mass is 224 g/mol. The average Bonchev–Trinajstić information content (AvgIpc) is 2.21. The Morgan fingerprint density at radius 1 is 1.40 bits per heavy atom. The molecule has 0 saturated carbocycles. The van der Waals surface area contributed by atoms with Crippen molar-refractivity contribution >= 4 is 28.3 Å². The molecule has 0 spiro atoms. The molecule has 2 rings (SSSR count). The lowest BCUT2D eigenvalue weighted by Gasteiger charge is -2.05. The highest BCUT2D eigenvalue weighted by Crippen LogP contribution is 2.25. The Bertz CT molecular complexity index is 525. The minimum absolute atomic E-state index is 0.233. The number of pyridine rings is 1. The van der Waals surface area contributed by atoms with E-state index in [0.29, 0.717) is 10.9 Å². The van der Waals surface area contributed by atoms with Gasteiger partial charge in [0.2, 0.25) is 0 Å². The molecule has 0 aliphatic rings. The summed E-state index contributed by atoms with van der Waals surface area (Å²) in [5, 5.41) is 0.692. The number of nitrogen functional groups attached to an aromatic ring is 1. The Morgan fingerprint density at radius 2 is 2.13 bits per heavy atom. The highest BCUT2D eigenvalue weighted by molar-refractivity contribution is 6.33. The minimum Gasteiger partial charge on any atom is -0.382 e. The largest absolute Gasteiger partial charge is 0.382 e. The van der Waals surface area contributed by atoms with Crippen LogP contribution >= 0.6 is 11.6 Å². The number of fused-ring (bicyclic) bond motifs is 1. The molecule has 0 unspecified atom stereocenters. The second-order valence-corrected chi connectivity index (χ2v) is 3.76. The van der Waals surface area contributed by atoms with Gasteiger partial charge in [-0.25, -0.2) is 9.37 Å². The minimum atomic E-state index is -0.307. The van der Waals surface area contributed by atoms with Gasteiger partial charge in [-0.1, -0.05) is 18.5 Å². The molecule has 2 nitrogen and oxygen atoms in total. The maximum atomic E-state index is 13.6. The Kier molecular flexibility index (Phi) is 2.49. The van der Waals surface area contributed by atoms with E-state index in [-0.39, 0.29) is 16.7 Å². The SMILES string of the molecule is CCc1cc(F)c2cc(Cl)c(N)nc2c1. The van der Waals surface area contributed by atoms with Crippen LogP contribution in [0.1, 0.15) is 12.5 Å². The van der Waals surface area contributed by atoms with E-state index in [1.54, 1.807) is 0 Å². The Labute approximate surface area is 91.9 Å². The molecule has 15 heavy (non-hydrogen) atoms. The van der Waals surface area contributed by atoms with Crippen molar-refractivity contribution in [2.75, 3.05) is 5.73 Å². The van der Waals surface area contributed by atoms with Crippen molar-refractivity contribution in [2.45, 2.75) is 13.3 Å². The van der Waals surface area contributed by atoms with Crippen molar-refractivity contribution in [2.24, 2.45) is 0 Å². The van der Waals surface area contributed by atoms with Crippen molar-refractivity contribution < 1.29 is 4.39 Å². The molecule has 0 saturated heterocycles. The third kappa shape index (κ3) is 1.75. The average molecular weight is 225 g/mol. The van der Waals surface area contributed by atoms with E-state index in [9.17, 15) is 4.39 Å². The van der Waals surface area contributed by atoms with E-state index < -0.39 is 0 Å². The number of aromatic nitrogens is 1. The van der Waals surface area contributed by atoms with Crippen LogP contribution in [-0.2, 0) is 6.42 Å². The fraction of sp³-hybridized carbons (Fsp3) is 0.182. The Balaban J connectivity index is 2.80. The summed E-state index contributed by atoms with van der Waals surface area (Å²) in [5.74, 6) is -0.0735. The number of rotatable bonds is 1. The van der Waals surface area contributed by atoms with Gasteiger partial charge in [-0.3, -0.25) is 0 Å². The maximum Gasteiger partial charge on any atom is 0.142 e. The van der Waals surface area contributed by atoms with Crippen LogP contribution in [0.4, 0.5) is 10.2 Å². The van der Waals surface area contributed by atoms with Crippen LogP contribution < -0.4 is 5.73 Å². The zero-order valence-electron chi connectivity index (χ0n) is 8.22. The lowest BCUT2D eigenvalue weighted by atomic mass is 10.1. The van der Waals surface area contributed by atoms with Crippen LogP contribution in [0.2, 0.25) is 5.02 Å². The first-order chi connectivity index (χ1) is 7.11. The van der Waals surface area contributed by atoms with E-state index >= 15 is 0 Å². The molecule has 1 heterocycles. The zero-order chi connectivity index (χ0) is 11.0. The van der Waals surface area contributed by atoms with E-state index in [1.165, 1.54) is 12.1 Å². The number of hydrogen-bond acceptors (Lipinski definition) is 2. The van der Waals surface area contributed by atoms with Crippen LogP contribution in [0.5, 0.6) is 0 Å². The van der Waals surface area contributed by atoms with Crippen LogP contribution in [0, 0.1) is 5.82 Å². The summed E-state index contributed by atoms with van der Waals surface area (Å²) in [7, 11) is 0. The first-order valence-corrected chi connectivity index (χ1v) is 5.03. The molecule has 0 amide bonds. The molecule has 0 fully saturated rings. The molecule has 0 bridgehead atoms. The summed E-state index contributed by atoms with van der Waals surface area (Å²) < 4.78 is 13.6. The van der Waals surface area contributed by atoms with Gasteiger partial charge in [0.1, 0.15) is 11.6 Å². The smallest absolute Gasteiger partial charge is 0.142 e. The van der Waals surface area contributed by atoms with E-state index in [4.69, 9.17) is 17.3 Å². The first kappa shape index (κ1) is 10.2. The summed E-state index contributed by atoms with van der Waals surface area (Å²) in [6.07, 6.45) is 0.761. The molecule has 1 aromatic carbocycles. The normalized spacial score (nSPS) is 10.9. The van der Waals surface area contributed by atoms with E-state index in [2.05, 4.69) is 4.98 Å². The molecule has 4 heteroatoms. The lowest BCUT2D eigenvalue weighted by molar-refractivity contribution is 0.637. The van der Waals surface area contributed by atoms with Crippen molar-refractivity contribution in [3.8, 4) is 0 Å². The lowest BCUT2D eigenvalue weighted by Crippen LogP contribution is -1.94. The van der Waals surface area contributed by atoms with Gasteiger partial charge in [-0.05, 0) is 30.2 Å². The number of aryl methyl sites for hydroxylation is 1. The highest BCUT2D eigenvalue weighted by Gasteiger charge is 2.07. The topological polar surface area (TPSA) is 38.9 Å². The second-order valence-electron chi connectivity index (χ2n) is 3.35. The highest BCUT2D eigenvalue weighted by atomic mass is 35.5. The number of hydrogen-bond donors (Lipinski definition) is 1. The standard InChI is InChI=1S/C11H10ClFN2/c1-2-6-3-9(13)7-5-8(12)11(14)15-10(7)4-6/h3-5H,2H2,1H3,(H2,14,15). The molecule has 2 N–H and O–H groups in total. The first-order valence-electron chi connectivity index (χ1n) is 4.66. The quantitative estimate of drug-likeness (QED) is 0.808. The van der Waals surface area contributed by atoms with Crippen molar-refractivity contribution in [1.29, 1.82) is 0 Å². The second kappa shape index (κ2) is 3.66. The molecule has 0 radical (unpaired) electrons. The zero-order valence-corrected chi connectivity index (χ0v) is 8.98. The van der Waals surface area contributed by atoms with Crippen LogP contribution in [0.3, 0.4) is 0 Å². The van der Waals surface area contributed by atoms with Crippen LogP contribution in [0.25, 0.3) is 10.9 Å². The van der Waals surface area contributed by atoms with Gasteiger partial charge in [0, 0.05) is 5.39 Å². The third-order valence-electron chi connectivity index (χ3n) is 2.33. The predicted octanol–water partition coefficient (Wildman–Crippen LogP) is 3.17. The number of halogens is 2. The fourth-order valence-corrected chi connectivity index (χ4v) is 1.63. The maximum absolute atomic E-state index is 13.6. The molecule has 0 atom stereocenters. The van der Waals surface area contributed by atoms with Crippen molar-refractivity contribution in [3.63, 3.8) is 0 Å². The molecular formula is C11H10ClFN2. The van der Waals surface area contributed by atoms with E-state index in [0.717, 1.165) is 12.0 Å². The third-order valence-corrected chi connectivity index (χ3v) is 2.64. The van der Waals surface area contributed by atoms with Gasteiger partial charge < -0.3 is 5.73 Å². The van der Waals surface area contributed by atoms with Gasteiger partial charge in [0.25, 0.3) is 0 Å². The molecule has 78 valence electrons. The Hall–Kier alpha value is -1.35. The summed E-state index contributed by atoms with van der Waals surface area (Å²) >= 11 is 5.78. The van der Waals surface area contributed by atoms with Crippen molar-refractivity contribution in [1.82, 2.24) is 4.98 Å². The summed E-state index contributed by atoms with van der Waals surface area (Å²) in [4.78, 5) is 4.05. The van der Waals surface area contributed by atoms with Gasteiger partial charge >= 0.3 is 0 Å². The molecule has 0 aliphatic carbocycles. The molecule has 0 aliphatic heterocycles. The van der Waals surface area contributed by atoms with Gasteiger partial charge in [-0.15, -0.1) is 0 Å². The van der Waals surface area contributed by atoms with Gasteiger partial charge in [0.15, 0.2) is 0 Å². The van der Waals surface area contributed by atoms with E-state index in [1.807, 2.05) is 13.0 Å². The van der Waals surface area contributed by atoms with Gasteiger partial charge in [0.05, 0.1) is 10.5 Å². The summed E-state index contributed by atoms with van der Waals surface area (Å²) in [5.41, 5.74) is 7.01. The predicted molar refractivity (Wildman–Crippen MR) is 60.5 cm³/mol. The van der Waals surface area contributed by atoms with Gasteiger partial charge in [-0.2, -0.15) is 0 Å².